The van der Waals surface area contributed by atoms with Gasteiger partial charge in [0.2, 0.25) is 0 Å². The lowest BCUT2D eigenvalue weighted by molar-refractivity contribution is 0.0435. The molecule has 0 bridgehead atoms. The second-order valence-corrected chi connectivity index (χ2v) is 5.95. The molecule has 0 radical (unpaired) electrons. The zero-order chi connectivity index (χ0) is 16.4. The fourth-order valence-corrected chi connectivity index (χ4v) is 2.60. The summed E-state index contributed by atoms with van der Waals surface area (Å²) in [5, 5.41) is 11.3. The lowest BCUT2D eigenvalue weighted by atomic mass is 10.2. The van der Waals surface area contributed by atoms with E-state index in [0.717, 1.165) is 0 Å². The zero-order valence-corrected chi connectivity index (χ0v) is 13.7. The summed E-state index contributed by atoms with van der Waals surface area (Å²) in [6, 6.07) is 6.97. The number of hydrogen-bond donors (Lipinski definition) is 1. The number of likely N-dealkylation sites (tertiary alicyclic amines) is 1. The molecule has 2 aromatic rings. The Morgan fingerprint density at radius 1 is 1.43 bits per heavy atom. The van der Waals surface area contributed by atoms with Crippen molar-refractivity contribution in [2.24, 2.45) is 7.05 Å². The summed E-state index contributed by atoms with van der Waals surface area (Å²) in [5.74, 6) is 1.36. The van der Waals surface area contributed by atoms with Crippen LogP contribution < -0.4 is 10.1 Å². The first-order valence-electron chi connectivity index (χ1n) is 7.35. The van der Waals surface area contributed by atoms with Crippen LogP contribution in [-0.2, 0) is 7.05 Å². The SMILES string of the molecule is C[C@H](NC(=O)N1CC(Oc2ccccc2Cl)C1)c1nncn1C. The molecule has 0 unspecified atom stereocenters. The maximum absolute atomic E-state index is 12.2. The zero-order valence-electron chi connectivity index (χ0n) is 12.9. The third-order valence-electron chi connectivity index (χ3n) is 3.74. The number of nitrogens with one attached hydrogen (secondary N) is 1. The maximum atomic E-state index is 12.2. The predicted octanol–water partition coefficient (Wildman–Crippen LogP) is 2.00. The van der Waals surface area contributed by atoms with Gasteiger partial charge in [-0.15, -0.1) is 10.2 Å². The van der Waals surface area contributed by atoms with Gasteiger partial charge in [-0.05, 0) is 19.1 Å². The van der Waals surface area contributed by atoms with E-state index >= 15 is 0 Å². The molecule has 1 N–H and O–H groups in total. The Kier molecular flexibility index (Phi) is 4.38. The van der Waals surface area contributed by atoms with E-state index in [1.165, 1.54) is 0 Å². The number of para-hydroxylation sites is 1. The number of rotatable bonds is 4. The molecule has 8 heteroatoms. The van der Waals surface area contributed by atoms with Crippen LogP contribution in [0, 0.1) is 0 Å². The Hall–Kier alpha value is -2.28. The van der Waals surface area contributed by atoms with Gasteiger partial charge < -0.3 is 19.5 Å². The molecule has 1 aliphatic rings. The number of benzene rings is 1. The molecule has 2 heterocycles. The smallest absolute Gasteiger partial charge is 0.318 e. The molecule has 1 aromatic carbocycles. The van der Waals surface area contributed by atoms with Crippen molar-refractivity contribution in [2.75, 3.05) is 13.1 Å². The van der Waals surface area contributed by atoms with Crippen LogP contribution in [0.2, 0.25) is 5.02 Å². The van der Waals surface area contributed by atoms with Crippen molar-refractivity contribution in [1.29, 1.82) is 0 Å². The summed E-state index contributed by atoms with van der Waals surface area (Å²) in [4.78, 5) is 13.9. The van der Waals surface area contributed by atoms with Crippen molar-refractivity contribution in [2.45, 2.75) is 19.1 Å². The van der Waals surface area contributed by atoms with E-state index in [1.54, 1.807) is 21.9 Å². The minimum Gasteiger partial charge on any atom is -0.485 e. The second-order valence-electron chi connectivity index (χ2n) is 5.55. The van der Waals surface area contributed by atoms with Crippen LogP contribution in [0.15, 0.2) is 30.6 Å². The highest BCUT2D eigenvalue weighted by Gasteiger charge is 2.33. The molecule has 0 saturated carbocycles. The number of ether oxygens (including phenoxy) is 1. The molecule has 1 aromatic heterocycles. The van der Waals surface area contributed by atoms with Crippen molar-refractivity contribution in [3.8, 4) is 5.75 Å². The molecule has 1 fully saturated rings. The van der Waals surface area contributed by atoms with Gasteiger partial charge in [0.1, 0.15) is 18.2 Å². The van der Waals surface area contributed by atoms with E-state index in [1.807, 2.05) is 32.2 Å². The molecule has 0 spiro atoms. The molecule has 1 saturated heterocycles. The molecule has 0 aliphatic carbocycles. The molecule has 3 rings (SSSR count). The quantitative estimate of drug-likeness (QED) is 0.927. The van der Waals surface area contributed by atoms with Crippen LogP contribution in [0.5, 0.6) is 5.75 Å². The standard InChI is InChI=1S/C15H18ClN5O2/c1-10(14-19-17-9-20(14)2)18-15(22)21-7-11(8-21)23-13-6-4-3-5-12(13)16/h3-6,9-11H,7-8H2,1-2H3,(H,18,22)/t10-/m0/s1. The number of halogens is 1. The summed E-state index contributed by atoms with van der Waals surface area (Å²) >= 11 is 6.06. The first-order chi connectivity index (χ1) is 11.0. The number of aromatic nitrogens is 3. The van der Waals surface area contributed by atoms with Crippen molar-refractivity contribution in [1.82, 2.24) is 25.0 Å². The molecule has 1 aliphatic heterocycles. The van der Waals surface area contributed by atoms with Crippen molar-refractivity contribution in [3.05, 3.63) is 41.4 Å². The van der Waals surface area contributed by atoms with Crippen LogP contribution >= 0.6 is 11.6 Å². The number of urea groups is 1. The van der Waals surface area contributed by atoms with Gasteiger partial charge in [-0.2, -0.15) is 0 Å². The predicted molar refractivity (Wildman–Crippen MR) is 85.4 cm³/mol. The number of nitrogens with zero attached hydrogens (tertiary/aromatic N) is 4. The highest BCUT2D eigenvalue weighted by molar-refractivity contribution is 6.32. The lowest BCUT2D eigenvalue weighted by Gasteiger charge is -2.39. The summed E-state index contributed by atoms with van der Waals surface area (Å²) in [7, 11) is 1.84. The van der Waals surface area contributed by atoms with E-state index in [9.17, 15) is 4.79 Å². The molecule has 2 amide bonds. The number of aryl methyl sites for hydroxylation is 1. The topological polar surface area (TPSA) is 72.3 Å². The van der Waals surface area contributed by atoms with Gasteiger partial charge in [-0.3, -0.25) is 0 Å². The van der Waals surface area contributed by atoms with Crippen molar-refractivity contribution >= 4 is 17.6 Å². The Labute approximate surface area is 139 Å². The summed E-state index contributed by atoms with van der Waals surface area (Å²) in [6.07, 6.45) is 1.57. The molecule has 122 valence electrons. The molecule has 23 heavy (non-hydrogen) atoms. The third kappa shape index (κ3) is 3.39. The van der Waals surface area contributed by atoms with E-state index in [4.69, 9.17) is 16.3 Å². The highest BCUT2D eigenvalue weighted by Crippen LogP contribution is 2.26. The Balaban J connectivity index is 1.48. The van der Waals surface area contributed by atoms with Crippen molar-refractivity contribution in [3.63, 3.8) is 0 Å². The fraction of sp³-hybridized carbons (Fsp3) is 0.400. The van der Waals surface area contributed by atoms with Crippen LogP contribution in [0.1, 0.15) is 18.8 Å². The molecular weight excluding hydrogens is 318 g/mol. The second kappa shape index (κ2) is 6.45. The molecular formula is C15H18ClN5O2. The Morgan fingerprint density at radius 2 is 2.17 bits per heavy atom. The third-order valence-corrected chi connectivity index (χ3v) is 4.05. The maximum Gasteiger partial charge on any atom is 0.318 e. The fourth-order valence-electron chi connectivity index (χ4n) is 2.42. The number of amides is 2. The minimum absolute atomic E-state index is 0.0363. The Bertz CT molecular complexity index is 699. The van der Waals surface area contributed by atoms with Crippen LogP contribution in [0.25, 0.3) is 0 Å². The lowest BCUT2D eigenvalue weighted by Crippen LogP contribution is -2.59. The number of carbonyl (C=O) groups excluding carboxylic acids is 1. The molecule has 1 atom stereocenters. The largest absolute Gasteiger partial charge is 0.485 e. The first kappa shape index (κ1) is 15.6. The highest BCUT2D eigenvalue weighted by atomic mass is 35.5. The van der Waals surface area contributed by atoms with E-state index < -0.39 is 0 Å². The summed E-state index contributed by atoms with van der Waals surface area (Å²) in [5.41, 5.74) is 0. The normalized spacial score (nSPS) is 15.9. The van der Waals surface area contributed by atoms with Gasteiger partial charge in [-0.1, -0.05) is 23.7 Å². The summed E-state index contributed by atoms with van der Waals surface area (Å²) in [6.45, 7) is 2.94. The van der Waals surface area contributed by atoms with E-state index in [0.29, 0.717) is 29.7 Å². The van der Waals surface area contributed by atoms with Gasteiger partial charge >= 0.3 is 6.03 Å². The van der Waals surface area contributed by atoms with Crippen LogP contribution in [0.4, 0.5) is 4.79 Å². The van der Waals surface area contributed by atoms with Gasteiger partial charge in [0.25, 0.3) is 0 Å². The van der Waals surface area contributed by atoms with Gasteiger partial charge in [0, 0.05) is 7.05 Å². The van der Waals surface area contributed by atoms with Crippen LogP contribution in [-0.4, -0.2) is 44.9 Å². The first-order valence-corrected chi connectivity index (χ1v) is 7.73. The average Bonchev–Trinajstić information content (AvgIpc) is 2.90. The number of hydrogen-bond acceptors (Lipinski definition) is 4. The summed E-state index contributed by atoms with van der Waals surface area (Å²) < 4.78 is 7.56. The average molecular weight is 336 g/mol. The van der Waals surface area contributed by atoms with Gasteiger partial charge in [0.05, 0.1) is 24.2 Å². The van der Waals surface area contributed by atoms with E-state index in [2.05, 4.69) is 15.5 Å². The minimum atomic E-state index is -0.210. The monoisotopic (exact) mass is 335 g/mol. The van der Waals surface area contributed by atoms with Crippen molar-refractivity contribution < 1.29 is 9.53 Å². The number of carbonyl (C=O) groups is 1. The molecule has 7 nitrogen and oxygen atoms in total. The van der Waals surface area contributed by atoms with Crippen LogP contribution in [0.3, 0.4) is 0 Å². The van der Waals surface area contributed by atoms with Gasteiger partial charge in [-0.25, -0.2) is 4.79 Å². The van der Waals surface area contributed by atoms with Gasteiger partial charge in [0.15, 0.2) is 5.82 Å². The Morgan fingerprint density at radius 3 is 2.83 bits per heavy atom. The van der Waals surface area contributed by atoms with E-state index in [-0.39, 0.29) is 18.2 Å².